The van der Waals surface area contributed by atoms with Crippen molar-refractivity contribution in [2.45, 2.75) is 13.8 Å². The molecule has 3 aromatic rings. The first-order valence-corrected chi connectivity index (χ1v) is 5.10. The maximum atomic E-state index is 4.47. The summed E-state index contributed by atoms with van der Waals surface area (Å²) in [5.74, 6) is 0. The number of aromatic nitrogens is 2. The number of nitrogens with one attached hydrogen (secondary N) is 1. The third-order valence-corrected chi connectivity index (χ3v) is 2.81. The zero-order chi connectivity index (χ0) is 10.4. The van der Waals surface area contributed by atoms with Crippen LogP contribution in [0, 0.1) is 13.8 Å². The minimum absolute atomic E-state index is 0. The van der Waals surface area contributed by atoms with Gasteiger partial charge in [0.05, 0.1) is 11.2 Å². The van der Waals surface area contributed by atoms with Crippen molar-refractivity contribution >= 4 is 21.8 Å². The van der Waals surface area contributed by atoms with Crippen molar-refractivity contribution < 1.29 is 12.4 Å². The molecule has 2 heterocycles. The molecule has 0 spiro atoms. The number of pyridine rings is 1. The standard InChI is InChI=1S/C13H12N2.ClH/c1-8-7-11-10-5-3-4-6-12(10)15-13(11)9(2)14-8;/h3-7,15H,1-2H3;1H/p-1. The summed E-state index contributed by atoms with van der Waals surface area (Å²) >= 11 is 0. The highest BCUT2D eigenvalue weighted by atomic mass is 35.5. The van der Waals surface area contributed by atoms with Gasteiger partial charge in [-0.1, -0.05) is 18.2 Å². The second-order valence-corrected chi connectivity index (χ2v) is 3.94. The number of para-hydroxylation sites is 1. The summed E-state index contributed by atoms with van der Waals surface area (Å²) in [4.78, 5) is 7.88. The lowest BCUT2D eigenvalue weighted by molar-refractivity contribution is -0.00000324. The quantitative estimate of drug-likeness (QED) is 0.594. The van der Waals surface area contributed by atoms with Gasteiger partial charge in [-0.2, -0.15) is 0 Å². The van der Waals surface area contributed by atoms with Crippen LogP contribution in [-0.4, -0.2) is 9.97 Å². The SMILES string of the molecule is Cc1cc2c([nH]c3ccccc32)c(C)n1.[Cl-]. The van der Waals surface area contributed by atoms with E-state index in [2.05, 4.69) is 34.2 Å². The van der Waals surface area contributed by atoms with Crippen molar-refractivity contribution in [3.8, 4) is 0 Å². The Labute approximate surface area is 100 Å². The Morgan fingerprint density at radius 2 is 1.81 bits per heavy atom. The predicted octanol–water partition coefficient (Wildman–Crippen LogP) is 0.337. The molecular weight excluding hydrogens is 220 g/mol. The van der Waals surface area contributed by atoms with E-state index < -0.39 is 0 Å². The number of hydrogen-bond acceptors (Lipinski definition) is 1. The van der Waals surface area contributed by atoms with Gasteiger partial charge in [-0.25, -0.2) is 0 Å². The van der Waals surface area contributed by atoms with Crippen LogP contribution >= 0.6 is 0 Å². The first-order valence-electron chi connectivity index (χ1n) is 5.10. The van der Waals surface area contributed by atoms with E-state index in [0.29, 0.717) is 0 Å². The molecule has 2 aromatic heterocycles. The summed E-state index contributed by atoms with van der Waals surface area (Å²) in [6, 6.07) is 10.5. The molecule has 0 fully saturated rings. The molecule has 0 saturated carbocycles. The van der Waals surface area contributed by atoms with Gasteiger partial charge >= 0.3 is 0 Å². The molecule has 1 N–H and O–H groups in total. The van der Waals surface area contributed by atoms with Crippen LogP contribution in [0.5, 0.6) is 0 Å². The number of nitrogens with zero attached hydrogens (tertiary/aromatic N) is 1. The molecule has 0 aliphatic rings. The summed E-state index contributed by atoms with van der Waals surface area (Å²) < 4.78 is 0. The third kappa shape index (κ3) is 1.46. The second kappa shape index (κ2) is 3.80. The maximum absolute atomic E-state index is 4.47. The molecule has 2 nitrogen and oxygen atoms in total. The van der Waals surface area contributed by atoms with Gasteiger partial charge in [0, 0.05) is 22.0 Å². The zero-order valence-corrected chi connectivity index (χ0v) is 9.97. The van der Waals surface area contributed by atoms with Gasteiger partial charge in [-0.05, 0) is 26.0 Å². The number of benzene rings is 1. The maximum Gasteiger partial charge on any atom is 0.0681 e. The first-order chi connectivity index (χ1) is 7.25. The van der Waals surface area contributed by atoms with Gasteiger partial charge in [-0.3, -0.25) is 4.98 Å². The van der Waals surface area contributed by atoms with Crippen LogP contribution in [0.25, 0.3) is 21.8 Å². The zero-order valence-electron chi connectivity index (χ0n) is 9.21. The molecule has 0 bridgehead atoms. The lowest BCUT2D eigenvalue weighted by atomic mass is 10.1. The molecule has 0 atom stereocenters. The molecule has 0 aliphatic heterocycles. The van der Waals surface area contributed by atoms with Crippen LogP contribution in [0.4, 0.5) is 0 Å². The van der Waals surface area contributed by atoms with Gasteiger partial charge in [0.2, 0.25) is 0 Å². The largest absolute Gasteiger partial charge is 1.00 e. The highest BCUT2D eigenvalue weighted by Gasteiger charge is 2.06. The summed E-state index contributed by atoms with van der Waals surface area (Å²) in [5, 5.41) is 2.55. The van der Waals surface area contributed by atoms with E-state index in [4.69, 9.17) is 0 Å². The normalized spacial score (nSPS) is 10.6. The minimum Gasteiger partial charge on any atom is -1.00 e. The van der Waals surface area contributed by atoms with E-state index in [1.807, 2.05) is 19.9 Å². The van der Waals surface area contributed by atoms with Gasteiger partial charge in [-0.15, -0.1) is 0 Å². The van der Waals surface area contributed by atoms with Crippen LogP contribution < -0.4 is 12.4 Å². The Hall–Kier alpha value is -1.54. The third-order valence-electron chi connectivity index (χ3n) is 2.81. The predicted molar refractivity (Wildman–Crippen MR) is 63.1 cm³/mol. The molecule has 0 radical (unpaired) electrons. The van der Waals surface area contributed by atoms with Gasteiger partial charge in [0.1, 0.15) is 0 Å². The Bertz CT molecular complexity index is 655. The lowest BCUT2D eigenvalue weighted by Crippen LogP contribution is -3.00. The smallest absolute Gasteiger partial charge is 0.0681 e. The average Bonchev–Trinajstić information content (AvgIpc) is 2.57. The Morgan fingerprint density at radius 3 is 2.62 bits per heavy atom. The van der Waals surface area contributed by atoms with Gasteiger partial charge in [0.25, 0.3) is 0 Å². The molecule has 0 amide bonds. The van der Waals surface area contributed by atoms with Crippen molar-refractivity contribution in [2.75, 3.05) is 0 Å². The molecular formula is C13H12ClN2-. The monoisotopic (exact) mass is 231 g/mol. The summed E-state index contributed by atoms with van der Waals surface area (Å²) in [6.45, 7) is 4.08. The second-order valence-electron chi connectivity index (χ2n) is 3.94. The Balaban J connectivity index is 0.000000963. The number of halogens is 1. The Morgan fingerprint density at radius 1 is 1.06 bits per heavy atom. The number of fused-ring (bicyclic) bond motifs is 3. The number of H-pyrrole nitrogens is 1. The van der Waals surface area contributed by atoms with Crippen molar-refractivity contribution in [1.29, 1.82) is 0 Å². The topological polar surface area (TPSA) is 28.7 Å². The van der Waals surface area contributed by atoms with Crippen molar-refractivity contribution in [2.24, 2.45) is 0 Å². The van der Waals surface area contributed by atoms with Crippen LogP contribution in [0.15, 0.2) is 30.3 Å². The average molecular weight is 232 g/mol. The summed E-state index contributed by atoms with van der Waals surface area (Å²) in [6.07, 6.45) is 0. The van der Waals surface area contributed by atoms with Crippen molar-refractivity contribution in [3.63, 3.8) is 0 Å². The number of hydrogen-bond donors (Lipinski definition) is 1. The lowest BCUT2D eigenvalue weighted by Gasteiger charge is -1.97. The van der Waals surface area contributed by atoms with E-state index in [0.717, 1.165) is 16.9 Å². The molecule has 82 valence electrons. The number of aryl methyl sites for hydroxylation is 2. The van der Waals surface area contributed by atoms with Gasteiger partial charge in [0.15, 0.2) is 0 Å². The minimum atomic E-state index is 0. The first kappa shape index (κ1) is 11.0. The fourth-order valence-electron chi connectivity index (χ4n) is 2.16. The molecule has 1 aromatic carbocycles. The van der Waals surface area contributed by atoms with E-state index in [1.165, 1.54) is 16.3 Å². The van der Waals surface area contributed by atoms with Crippen LogP contribution in [0.1, 0.15) is 11.4 Å². The number of rotatable bonds is 0. The Kier molecular flexibility index (Phi) is 2.60. The molecule has 3 rings (SSSR count). The van der Waals surface area contributed by atoms with Crippen LogP contribution in [0.3, 0.4) is 0 Å². The van der Waals surface area contributed by atoms with Crippen LogP contribution in [-0.2, 0) is 0 Å². The van der Waals surface area contributed by atoms with Gasteiger partial charge < -0.3 is 17.4 Å². The number of aromatic amines is 1. The molecule has 0 aliphatic carbocycles. The van der Waals surface area contributed by atoms with E-state index in [9.17, 15) is 0 Å². The summed E-state index contributed by atoms with van der Waals surface area (Å²) in [5.41, 5.74) is 4.48. The molecule has 0 saturated heterocycles. The van der Waals surface area contributed by atoms with E-state index in [1.54, 1.807) is 0 Å². The van der Waals surface area contributed by atoms with Crippen molar-refractivity contribution in [1.82, 2.24) is 9.97 Å². The van der Waals surface area contributed by atoms with Crippen LogP contribution in [0.2, 0.25) is 0 Å². The van der Waals surface area contributed by atoms with E-state index in [-0.39, 0.29) is 12.4 Å². The highest BCUT2D eigenvalue weighted by molar-refractivity contribution is 6.07. The van der Waals surface area contributed by atoms with Crippen molar-refractivity contribution in [3.05, 3.63) is 41.7 Å². The molecule has 16 heavy (non-hydrogen) atoms. The highest BCUT2D eigenvalue weighted by Crippen LogP contribution is 2.26. The fraction of sp³-hybridized carbons (Fsp3) is 0.154. The summed E-state index contributed by atoms with van der Waals surface area (Å²) in [7, 11) is 0. The fourth-order valence-corrected chi connectivity index (χ4v) is 2.16. The molecule has 3 heteroatoms. The molecule has 0 unspecified atom stereocenters. The van der Waals surface area contributed by atoms with E-state index >= 15 is 0 Å².